The average molecular weight is 199 g/mol. The summed E-state index contributed by atoms with van der Waals surface area (Å²) in [5.41, 5.74) is 0.375. The summed E-state index contributed by atoms with van der Waals surface area (Å²) in [7, 11) is 1.77. The summed E-state index contributed by atoms with van der Waals surface area (Å²) >= 11 is 0. The Morgan fingerprint density at radius 3 is 2.64 bits per heavy atom. The van der Waals surface area contributed by atoms with Gasteiger partial charge < -0.3 is 10.1 Å². The molecule has 0 bridgehead atoms. The molecular weight excluding hydrogens is 174 g/mol. The van der Waals surface area contributed by atoms with Crippen molar-refractivity contribution < 1.29 is 4.74 Å². The van der Waals surface area contributed by atoms with E-state index in [2.05, 4.69) is 19.2 Å². The van der Waals surface area contributed by atoms with E-state index in [4.69, 9.17) is 4.74 Å². The van der Waals surface area contributed by atoms with Crippen LogP contribution >= 0.6 is 0 Å². The molecule has 1 aliphatic rings. The molecule has 1 N–H and O–H groups in total. The smallest absolute Gasteiger partial charge is 0.0467 e. The van der Waals surface area contributed by atoms with Gasteiger partial charge in [0.25, 0.3) is 0 Å². The van der Waals surface area contributed by atoms with E-state index >= 15 is 0 Å². The molecule has 1 saturated carbocycles. The van der Waals surface area contributed by atoms with Gasteiger partial charge in [-0.1, -0.05) is 26.7 Å². The van der Waals surface area contributed by atoms with Crippen molar-refractivity contribution >= 4 is 0 Å². The lowest BCUT2D eigenvalue weighted by Crippen LogP contribution is -2.31. The third-order valence-corrected chi connectivity index (χ3v) is 3.01. The third-order valence-electron chi connectivity index (χ3n) is 3.01. The minimum atomic E-state index is 0.375. The Kier molecular flexibility index (Phi) is 4.90. The van der Waals surface area contributed by atoms with Crippen LogP contribution in [0, 0.1) is 11.3 Å². The Labute approximate surface area is 88.4 Å². The fraction of sp³-hybridized carbons (Fsp3) is 1.00. The van der Waals surface area contributed by atoms with E-state index in [0.29, 0.717) is 5.41 Å². The molecule has 0 atom stereocenters. The van der Waals surface area contributed by atoms with Gasteiger partial charge in [0, 0.05) is 20.3 Å². The van der Waals surface area contributed by atoms with Crippen LogP contribution in [0.4, 0.5) is 0 Å². The minimum absolute atomic E-state index is 0.375. The number of methoxy groups -OCH3 is 1. The van der Waals surface area contributed by atoms with Crippen molar-refractivity contribution in [3.05, 3.63) is 0 Å². The lowest BCUT2D eigenvalue weighted by atomic mass is 9.90. The quantitative estimate of drug-likeness (QED) is 0.606. The zero-order valence-corrected chi connectivity index (χ0v) is 9.94. The summed E-state index contributed by atoms with van der Waals surface area (Å²) < 4.78 is 5.10. The third kappa shape index (κ3) is 5.61. The van der Waals surface area contributed by atoms with Crippen LogP contribution < -0.4 is 5.32 Å². The maximum atomic E-state index is 5.10. The molecular formula is C12H25NO. The molecule has 1 fully saturated rings. The maximum absolute atomic E-state index is 5.10. The second-order valence-electron chi connectivity index (χ2n) is 5.32. The Bertz CT molecular complexity index is 152. The lowest BCUT2D eigenvalue weighted by Gasteiger charge is -2.24. The summed E-state index contributed by atoms with van der Waals surface area (Å²) in [6.07, 6.45) is 5.45. The molecule has 2 heteroatoms. The van der Waals surface area contributed by atoms with Gasteiger partial charge in [0.05, 0.1) is 0 Å². The number of hydrogen-bond acceptors (Lipinski definition) is 2. The highest BCUT2D eigenvalue weighted by atomic mass is 16.5. The Morgan fingerprint density at radius 2 is 2.07 bits per heavy atom. The number of nitrogens with one attached hydrogen (secondary N) is 1. The van der Waals surface area contributed by atoms with Crippen LogP contribution in [-0.2, 0) is 4.74 Å². The normalized spacial score (nSPS) is 17.4. The van der Waals surface area contributed by atoms with Gasteiger partial charge in [-0.25, -0.2) is 0 Å². The van der Waals surface area contributed by atoms with Crippen molar-refractivity contribution in [1.29, 1.82) is 0 Å². The highest BCUT2D eigenvalue weighted by molar-refractivity contribution is 4.75. The summed E-state index contributed by atoms with van der Waals surface area (Å²) in [5.74, 6) is 1.05. The molecule has 0 unspecified atom stereocenters. The summed E-state index contributed by atoms with van der Waals surface area (Å²) in [4.78, 5) is 0. The SMILES string of the molecule is COCCC(C)(C)CNCCC1CC1. The van der Waals surface area contributed by atoms with Crippen molar-refractivity contribution in [2.24, 2.45) is 11.3 Å². The standard InChI is InChI=1S/C12H25NO/c1-12(2,7-9-14-3)10-13-8-6-11-4-5-11/h11,13H,4-10H2,1-3H3. The first-order chi connectivity index (χ1) is 6.64. The van der Waals surface area contributed by atoms with Gasteiger partial charge in [-0.2, -0.15) is 0 Å². The zero-order chi connectivity index (χ0) is 10.4. The molecule has 0 saturated heterocycles. The molecule has 0 aromatic carbocycles. The van der Waals surface area contributed by atoms with Crippen LogP contribution in [0.1, 0.15) is 39.5 Å². The molecule has 2 nitrogen and oxygen atoms in total. The van der Waals surface area contributed by atoms with Crippen LogP contribution in [-0.4, -0.2) is 26.8 Å². The monoisotopic (exact) mass is 199 g/mol. The molecule has 0 radical (unpaired) electrons. The Hall–Kier alpha value is -0.0800. The number of hydrogen-bond donors (Lipinski definition) is 1. The molecule has 0 spiro atoms. The molecule has 84 valence electrons. The van der Waals surface area contributed by atoms with E-state index in [1.165, 1.54) is 25.8 Å². The second kappa shape index (κ2) is 5.72. The molecule has 0 aliphatic heterocycles. The van der Waals surface area contributed by atoms with Crippen molar-refractivity contribution in [2.45, 2.75) is 39.5 Å². The Balaban J connectivity index is 1.96. The van der Waals surface area contributed by atoms with Gasteiger partial charge in [-0.05, 0) is 30.7 Å². The predicted octanol–water partition coefficient (Wildman–Crippen LogP) is 2.44. The Morgan fingerprint density at radius 1 is 1.36 bits per heavy atom. The van der Waals surface area contributed by atoms with Gasteiger partial charge in [0.1, 0.15) is 0 Å². The van der Waals surface area contributed by atoms with E-state index in [0.717, 1.165) is 25.5 Å². The van der Waals surface area contributed by atoms with Crippen LogP contribution in [0.2, 0.25) is 0 Å². The van der Waals surface area contributed by atoms with Crippen LogP contribution in [0.3, 0.4) is 0 Å². The molecule has 1 aliphatic carbocycles. The molecule has 0 amide bonds. The van der Waals surface area contributed by atoms with Gasteiger partial charge in [-0.15, -0.1) is 0 Å². The first-order valence-corrected chi connectivity index (χ1v) is 5.84. The molecule has 0 heterocycles. The lowest BCUT2D eigenvalue weighted by molar-refractivity contribution is 0.151. The van der Waals surface area contributed by atoms with Crippen molar-refractivity contribution in [3.63, 3.8) is 0 Å². The highest BCUT2D eigenvalue weighted by Gasteiger charge is 2.21. The number of rotatable bonds is 8. The predicted molar refractivity (Wildman–Crippen MR) is 60.5 cm³/mol. The second-order valence-corrected chi connectivity index (χ2v) is 5.32. The maximum Gasteiger partial charge on any atom is 0.0467 e. The van der Waals surface area contributed by atoms with Crippen LogP contribution in [0.5, 0.6) is 0 Å². The summed E-state index contributed by atoms with van der Waals surface area (Å²) in [6, 6.07) is 0. The van der Waals surface area contributed by atoms with E-state index in [1.54, 1.807) is 7.11 Å². The van der Waals surface area contributed by atoms with Crippen molar-refractivity contribution in [3.8, 4) is 0 Å². The average Bonchev–Trinajstić information content (AvgIpc) is 2.93. The first kappa shape index (κ1) is 12.0. The van der Waals surface area contributed by atoms with Gasteiger partial charge in [-0.3, -0.25) is 0 Å². The fourth-order valence-electron chi connectivity index (χ4n) is 1.61. The van der Waals surface area contributed by atoms with E-state index in [-0.39, 0.29) is 0 Å². The van der Waals surface area contributed by atoms with E-state index in [9.17, 15) is 0 Å². The topological polar surface area (TPSA) is 21.3 Å². The highest BCUT2D eigenvalue weighted by Crippen LogP contribution is 2.31. The largest absolute Gasteiger partial charge is 0.385 e. The van der Waals surface area contributed by atoms with Crippen LogP contribution in [0.25, 0.3) is 0 Å². The van der Waals surface area contributed by atoms with Crippen LogP contribution in [0.15, 0.2) is 0 Å². The molecule has 0 aromatic heterocycles. The molecule has 14 heavy (non-hydrogen) atoms. The van der Waals surface area contributed by atoms with Crippen molar-refractivity contribution in [1.82, 2.24) is 5.32 Å². The summed E-state index contributed by atoms with van der Waals surface area (Å²) in [5, 5.41) is 3.55. The zero-order valence-electron chi connectivity index (χ0n) is 9.94. The van der Waals surface area contributed by atoms with E-state index in [1.807, 2.05) is 0 Å². The van der Waals surface area contributed by atoms with Crippen molar-refractivity contribution in [2.75, 3.05) is 26.8 Å². The summed E-state index contributed by atoms with van der Waals surface area (Å²) in [6.45, 7) is 7.79. The van der Waals surface area contributed by atoms with Gasteiger partial charge >= 0.3 is 0 Å². The van der Waals surface area contributed by atoms with Gasteiger partial charge in [0.2, 0.25) is 0 Å². The molecule has 0 aromatic rings. The first-order valence-electron chi connectivity index (χ1n) is 5.84. The fourth-order valence-corrected chi connectivity index (χ4v) is 1.61. The van der Waals surface area contributed by atoms with E-state index < -0.39 is 0 Å². The number of ether oxygens (including phenoxy) is 1. The van der Waals surface area contributed by atoms with Gasteiger partial charge in [0.15, 0.2) is 0 Å². The minimum Gasteiger partial charge on any atom is -0.385 e. The molecule has 1 rings (SSSR count).